The van der Waals surface area contributed by atoms with Crippen molar-refractivity contribution in [1.82, 2.24) is 9.97 Å². The van der Waals surface area contributed by atoms with Crippen molar-refractivity contribution in [3.63, 3.8) is 0 Å². The number of aromatic nitrogens is 2. The minimum Gasteiger partial charge on any atom is -0.477 e. The van der Waals surface area contributed by atoms with Gasteiger partial charge in [-0.3, -0.25) is 0 Å². The highest BCUT2D eigenvalue weighted by Gasteiger charge is 2.22. The number of carboxylic acids is 1. The van der Waals surface area contributed by atoms with E-state index in [0.29, 0.717) is 32.1 Å². The van der Waals surface area contributed by atoms with E-state index in [2.05, 4.69) is 9.97 Å². The van der Waals surface area contributed by atoms with Crippen LogP contribution in [0, 0.1) is 5.82 Å². The van der Waals surface area contributed by atoms with Gasteiger partial charge in [-0.15, -0.1) is 0 Å². The summed E-state index contributed by atoms with van der Waals surface area (Å²) in [5, 5.41) is 9.30. The average Bonchev–Trinajstić information content (AvgIpc) is 2.55. The van der Waals surface area contributed by atoms with Gasteiger partial charge in [0.15, 0.2) is 5.82 Å². The number of hydrogen-bond acceptors (Lipinski definition) is 5. The average molecular weight is 303 g/mol. The van der Waals surface area contributed by atoms with E-state index >= 15 is 0 Å². The van der Waals surface area contributed by atoms with E-state index in [1.807, 2.05) is 4.90 Å². The van der Waals surface area contributed by atoms with Gasteiger partial charge in [0.2, 0.25) is 0 Å². The molecular formula is C15H14FN3O3. The van der Waals surface area contributed by atoms with Crippen molar-refractivity contribution in [3.8, 4) is 11.4 Å². The molecule has 114 valence electrons. The van der Waals surface area contributed by atoms with Gasteiger partial charge in [0.1, 0.15) is 17.2 Å². The number of carboxylic acid groups (broad SMARTS) is 1. The number of nitrogens with zero attached hydrogens (tertiary/aromatic N) is 3. The molecule has 0 radical (unpaired) electrons. The summed E-state index contributed by atoms with van der Waals surface area (Å²) in [7, 11) is 0. The molecule has 0 atom stereocenters. The Balaban J connectivity index is 2.07. The molecular weight excluding hydrogens is 289 g/mol. The summed E-state index contributed by atoms with van der Waals surface area (Å²) in [5.74, 6) is -1.09. The lowest BCUT2D eigenvalue weighted by atomic mass is 10.2. The number of morpholine rings is 1. The highest BCUT2D eigenvalue weighted by Crippen LogP contribution is 2.24. The summed E-state index contributed by atoms with van der Waals surface area (Å²) in [6.07, 6.45) is 1.22. The third-order valence-electron chi connectivity index (χ3n) is 3.42. The van der Waals surface area contributed by atoms with E-state index < -0.39 is 11.8 Å². The number of anilines is 1. The Morgan fingerprint density at radius 1 is 1.27 bits per heavy atom. The predicted molar refractivity (Wildman–Crippen MR) is 77.4 cm³/mol. The first kappa shape index (κ1) is 14.4. The van der Waals surface area contributed by atoms with Gasteiger partial charge in [0, 0.05) is 19.3 Å². The minimum atomic E-state index is -1.11. The summed E-state index contributed by atoms with van der Waals surface area (Å²) < 4.78 is 19.1. The molecule has 1 saturated heterocycles. The third-order valence-corrected chi connectivity index (χ3v) is 3.42. The van der Waals surface area contributed by atoms with Crippen LogP contribution in [0.4, 0.5) is 10.2 Å². The first-order valence-electron chi connectivity index (χ1n) is 6.85. The molecule has 0 saturated carbocycles. The largest absolute Gasteiger partial charge is 0.477 e. The van der Waals surface area contributed by atoms with Crippen molar-refractivity contribution in [2.24, 2.45) is 0 Å². The van der Waals surface area contributed by atoms with E-state index in [1.54, 1.807) is 18.2 Å². The number of ether oxygens (including phenoxy) is 1. The van der Waals surface area contributed by atoms with Gasteiger partial charge >= 0.3 is 5.97 Å². The van der Waals surface area contributed by atoms with Crippen LogP contribution in [0.1, 0.15) is 10.4 Å². The van der Waals surface area contributed by atoms with Gasteiger partial charge in [-0.25, -0.2) is 19.2 Å². The highest BCUT2D eigenvalue weighted by molar-refractivity contribution is 5.93. The van der Waals surface area contributed by atoms with E-state index in [9.17, 15) is 14.3 Å². The molecule has 0 amide bonds. The fourth-order valence-electron chi connectivity index (χ4n) is 2.31. The van der Waals surface area contributed by atoms with Crippen LogP contribution in [0.2, 0.25) is 0 Å². The predicted octanol–water partition coefficient (Wildman–Crippen LogP) is 1.82. The van der Waals surface area contributed by atoms with Crippen LogP contribution in [-0.2, 0) is 4.74 Å². The Kier molecular flexibility index (Phi) is 3.97. The Hall–Kier alpha value is -2.54. The topological polar surface area (TPSA) is 75.5 Å². The highest BCUT2D eigenvalue weighted by atomic mass is 19.1. The number of benzene rings is 1. The lowest BCUT2D eigenvalue weighted by molar-refractivity contribution is 0.0695. The standard InChI is InChI=1S/C15H14FN3O3/c16-12-4-2-1-3-10(12)13-17-9-11(15(20)21)14(18-13)19-5-7-22-8-6-19/h1-4,9H,5-8H2,(H,20,21). The first-order valence-corrected chi connectivity index (χ1v) is 6.85. The van der Waals surface area contributed by atoms with Crippen LogP contribution in [-0.4, -0.2) is 47.3 Å². The Bertz CT molecular complexity index is 702. The molecule has 0 bridgehead atoms. The zero-order chi connectivity index (χ0) is 15.5. The van der Waals surface area contributed by atoms with Crippen molar-refractivity contribution < 1.29 is 19.0 Å². The number of hydrogen-bond donors (Lipinski definition) is 1. The number of carbonyl (C=O) groups is 1. The molecule has 1 aliphatic heterocycles. The Morgan fingerprint density at radius 2 is 2.00 bits per heavy atom. The zero-order valence-electron chi connectivity index (χ0n) is 11.7. The quantitative estimate of drug-likeness (QED) is 0.932. The van der Waals surface area contributed by atoms with E-state index in [-0.39, 0.29) is 17.0 Å². The molecule has 22 heavy (non-hydrogen) atoms. The maximum Gasteiger partial charge on any atom is 0.341 e. The smallest absolute Gasteiger partial charge is 0.341 e. The number of rotatable bonds is 3. The normalized spacial score (nSPS) is 14.9. The van der Waals surface area contributed by atoms with E-state index in [1.165, 1.54) is 12.3 Å². The van der Waals surface area contributed by atoms with Gasteiger partial charge in [0.25, 0.3) is 0 Å². The number of halogens is 1. The fourth-order valence-corrected chi connectivity index (χ4v) is 2.31. The monoisotopic (exact) mass is 303 g/mol. The summed E-state index contributed by atoms with van der Waals surface area (Å²) >= 11 is 0. The lowest BCUT2D eigenvalue weighted by Crippen LogP contribution is -2.38. The zero-order valence-corrected chi connectivity index (χ0v) is 11.7. The fraction of sp³-hybridized carbons (Fsp3) is 0.267. The molecule has 1 fully saturated rings. The van der Waals surface area contributed by atoms with Crippen molar-refractivity contribution in [2.45, 2.75) is 0 Å². The Labute approximate surface area is 126 Å². The maximum absolute atomic E-state index is 13.9. The molecule has 0 spiro atoms. The molecule has 1 aromatic carbocycles. The van der Waals surface area contributed by atoms with Crippen LogP contribution in [0.5, 0.6) is 0 Å². The second-order valence-electron chi connectivity index (χ2n) is 4.82. The van der Waals surface area contributed by atoms with Gasteiger partial charge in [-0.05, 0) is 12.1 Å². The summed E-state index contributed by atoms with van der Waals surface area (Å²) in [5.41, 5.74) is 0.246. The van der Waals surface area contributed by atoms with E-state index in [0.717, 1.165) is 0 Å². The van der Waals surface area contributed by atoms with Gasteiger partial charge in [-0.2, -0.15) is 0 Å². The van der Waals surface area contributed by atoms with Gasteiger partial charge < -0.3 is 14.7 Å². The third kappa shape index (κ3) is 2.75. The van der Waals surface area contributed by atoms with Crippen molar-refractivity contribution in [3.05, 3.63) is 41.8 Å². The molecule has 7 heteroatoms. The SMILES string of the molecule is O=C(O)c1cnc(-c2ccccc2F)nc1N1CCOCC1. The van der Waals surface area contributed by atoms with Crippen LogP contribution >= 0.6 is 0 Å². The number of aromatic carboxylic acids is 1. The van der Waals surface area contributed by atoms with Gasteiger partial charge in [0.05, 0.1) is 18.8 Å². The summed E-state index contributed by atoms with van der Waals surface area (Å²) in [4.78, 5) is 21.5. The van der Waals surface area contributed by atoms with Crippen LogP contribution in [0.15, 0.2) is 30.5 Å². The van der Waals surface area contributed by atoms with E-state index in [4.69, 9.17) is 4.74 Å². The van der Waals surface area contributed by atoms with Crippen LogP contribution < -0.4 is 4.90 Å². The molecule has 2 aromatic rings. The lowest BCUT2D eigenvalue weighted by Gasteiger charge is -2.28. The van der Waals surface area contributed by atoms with Crippen molar-refractivity contribution >= 4 is 11.8 Å². The second-order valence-corrected chi connectivity index (χ2v) is 4.82. The molecule has 0 aliphatic carbocycles. The molecule has 1 aromatic heterocycles. The maximum atomic E-state index is 13.9. The molecule has 3 rings (SSSR count). The Morgan fingerprint density at radius 3 is 2.68 bits per heavy atom. The summed E-state index contributed by atoms with van der Waals surface area (Å²) in [6.45, 7) is 2.07. The summed E-state index contributed by atoms with van der Waals surface area (Å²) in [6, 6.07) is 6.14. The molecule has 2 heterocycles. The van der Waals surface area contributed by atoms with Crippen molar-refractivity contribution in [2.75, 3.05) is 31.2 Å². The molecule has 1 aliphatic rings. The van der Waals surface area contributed by atoms with Crippen LogP contribution in [0.3, 0.4) is 0 Å². The molecule has 0 unspecified atom stereocenters. The minimum absolute atomic E-state index is 0.00184. The van der Waals surface area contributed by atoms with Crippen LogP contribution in [0.25, 0.3) is 11.4 Å². The first-order chi connectivity index (χ1) is 10.7. The van der Waals surface area contributed by atoms with Gasteiger partial charge in [-0.1, -0.05) is 12.1 Å². The molecule has 1 N–H and O–H groups in total. The van der Waals surface area contributed by atoms with Crippen molar-refractivity contribution in [1.29, 1.82) is 0 Å². The second kappa shape index (κ2) is 6.07. The molecule has 6 nitrogen and oxygen atoms in total.